The summed E-state index contributed by atoms with van der Waals surface area (Å²) in [6, 6.07) is 5.98. The van der Waals surface area contributed by atoms with E-state index in [1.807, 2.05) is 37.6 Å². The first-order valence-corrected chi connectivity index (χ1v) is 10.2. The second-order valence-corrected chi connectivity index (χ2v) is 8.82. The van der Waals surface area contributed by atoms with Crippen molar-refractivity contribution in [1.29, 1.82) is 0 Å². The molecule has 5 nitrogen and oxygen atoms in total. The predicted molar refractivity (Wildman–Crippen MR) is 107 cm³/mol. The highest BCUT2D eigenvalue weighted by Crippen LogP contribution is 2.37. The van der Waals surface area contributed by atoms with Gasteiger partial charge < -0.3 is 10.6 Å². The van der Waals surface area contributed by atoms with Crippen LogP contribution in [0.15, 0.2) is 45.4 Å². The Balaban J connectivity index is 1.68. The van der Waals surface area contributed by atoms with Gasteiger partial charge in [0.15, 0.2) is 0 Å². The molecule has 1 aliphatic rings. The summed E-state index contributed by atoms with van der Waals surface area (Å²) in [6.07, 6.45) is 5.58. The van der Waals surface area contributed by atoms with Crippen LogP contribution in [-0.4, -0.2) is 35.6 Å². The van der Waals surface area contributed by atoms with Crippen LogP contribution in [0, 0.1) is 0 Å². The van der Waals surface area contributed by atoms with E-state index >= 15 is 0 Å². The van der Waals surface area contributed by atoms with Crippen molar-refractivity contribution < 1.29 is 0 Å². The second kappa shape index (κ2) is 8.14. The van der Waals surface area contributed by atoms with Crippen molar-refractivity contribution in [2.75, 3.05) is 25.0 Å². The molecule has 0 spiro atoms. The van der Waals surface area contributed by atoms with Gasteiger partial charge in [-0.1, -0.05) is 29.4 Å². The SMILES string of the molecule is CNSc1cccc(Sc2cnc(N3CCC(C)(N)CC3)cn2)c1Cl. The third-order valence-corrected chi connectivity index (χ3v) is 6.57. The topological polar surface area (TPSA) is 67.1 Å². The molecular formula is C17H22ClN5S2. The summed E-state index contributed by atoms with van der Waals surface area (Å²) in [5.41, 5.74) is 6.13. The lowest BCUT2D eigenvalue weighted by molar-refractivity contribution is 0.363. The van der Waals surface area contributed by atoms with Gasteiger partial charge in [0, 0.05) is 28.4 Å². The van der Waals surface area contributed by atoms with Crippen molar-refractivity contribution in [2.45, 2.75) is 40.1 Å². The van der Waals surface area contributed by atoms with Crippen molar-refractivity contribution in [3.63, 3.8) is 0 Å². The van der Waals surface area contributed by atoms with Gasteiger partial charge in [-0.3, -0.25) is 4.72 Å². The van der Waals surface area contributed by atoms with Gasteiger partial charge in [0.25, 0.3) is 0 Å². The summed E-state index contributed by atoms with van der Waals surface area (Å²) in [5.74, 6) is 0.908. The molecule has 0 radical (unpaired) electrons. The molecule has 134 valence electrons. The highest BCUT2D eigenvalue weighted by atomic mass is 35.5. The minimum atomic E-state index is -0.0627. The number of nitrogens with two attached hydrogens (primary N) is 1. The first-order chi connectivity index (χ1) is 12.0. The van der Waals surface area contributed by atoms with Gasteiger partial charge >= 0.3 is 0 Å². The molecule has 0 bridgehead atoms. The molecule has 1 aromatic carbocycles. The Hall–Kier alpha value is -0.990. The van der Waals surface area contributed by atoms with Crippen LogP contribution in [0.1, 0.15) is 19.8 Å². The molecule has 2 heterocycles. The molecule has 25 heavy (non-hydrogen) atoms. The fraction of sp³-hybridized carbons (Fsp3) is 0.412. The molecule has 0 unspecified atom stereocenters. The summed E-state index contributed by atoms with van der Waals surface area (Å²) < 4.78 is 3.05. The predicted octanol–water partition coefficient (Wildman–Crippen LogP) is 3.83. The van der Waals surface area contributed by atoms with Crippen LogP contribution < -0.4 is 15.4 Å². The minimum Gasteiger partial charge on any atom is -0.355 e. The van der Waals surface area contributed by atoms with Crippen molar-refractivity contribution in [3.05, 3.63) is 35.6 Å². The number of hydrogen-bond donors (Lipinski definition) is 2. The quantitative estimate of drug-likeness (QED) is 0.745. The van der Waals surface area contributed by atoms with Crippen LogP contribution in [0.2, 0.25) is 5.02 Å². The monoisotopic (exact) mass is 395 g/mol. The van der Waals surface area contributed by atoms with Gasteiger partial charge in [0.1, 0.15) is 10.8 Å². The summed E-state index contributed by atoms with van der Waals surface area (Å²) in [6.45, 7) is 3.95. The lowest BCUT2D eigenvalue weighted by Crippen LogP contribution is -2.48. The fourth-order valence-electron chi connectivity index (χ4n) is 2.64. The Morgan fingerprint density at radius 3 is 2.56 bits per heavy atom. The molecule has 1 saturated heterocycles. The van der Waals surface area contributed by atoms with Crippen molar-refractivity contribution in [1.82, 2.24) is 14.7 Å². The van der Waals surface area contributed by atoms with Crippen molar-refractivity contribution in [3.8, 4) is 0 Å². The Kier molecular flexibility index (Phi) is 6.12. The molecule has 1 fully saturated rings. The number of anilines is 1. The number of piperidine rings is 1. The molecule has 2 aromatic rings. The van der Waals surface area contributed by atoms with Gasteiger partial charge in [0.2, 0.25) is 0 Å². The Morgan fingerprint density at radius 1 is 1.20 bits per heavy atom. The third-order valence-electron chi connectivity index (χ3n) is 4.20. The second-order valence-electron chi connectivity index (χ2n) is 6.33. The minimum absolute atomic E-state index is 0.0627. The van der Waals surface area contributed by atoms with E-state index in [0.717, 1.165) is 51.6 Å². The van der Waals surface area contributed by atoms with Crippen LogP contribution in [0.3, 0.4) is 0 Å². The molecule has 0 saturated carbocycles. The number of aromatic nitrogens is 2. The molecule has 0 amide bonds. The number of rotatable bonds is 5. The zero-order valence-corrected chi connectivity index (χ0v) is 16.7. The lowest BCUT2D eigenvalue weighted by Gasteiger charge is -2.37. The highest BCUT2D eigenvalue weighted by Gasteiger charge is 2.26. The average Bonchev–Trinajstić information content (AvgIpc) is 2.59. The van der Waals surface area contributed by atoms with Gasteiger partial charge in [-0.15, -0.1) is 0 Å². The molecular weight excluding hydrogens is 374 g/mol. The van der Waals surface area contributed by atoms with Crippen LogP contribution >= 0.6 is 35.3 Å². The fourth-order valence-corrected chi connectivity index (χ4v) is 4.41. The van der Waals surface area contributed by atoms with Crippen LogP contribution in [0.4, 0.5) is 5.82 Å². The number of nitrogens with one attached hydrogen (secondary N) is 1. The maximum Gasteiger partial charge on any atom is 0.147 e. The first-order valence-electron chi connectivity index (χ1n) is 8.14. The number of hydrogen-bond acceptors (Lipinski definition) is 7. The highest BCUT2D eigenvalue weighted by molar-refractivity contribution is 7.99. The lowest BCUT2D eigenvalue weighted by atomic mass is 9.91. The van der Waals surface area contributed by atoms with Gasteiger partial charge in [-0.05, 0) is 50.9 Å². The maximum absolute atomic E-state index is 6.47. The molecule has 1 aliphatic heterocycles. The van der Waals surface area contributed by atoms with Crippen LogP contribution in [-0.2, 0) is 0 Å². The van der Waals surface area contributed by atoms with E-state index in [2.05, 4.69) is 26.5 Å². The largest absolute Gasteiger partial charge is 0.355 e. The van der Waals surface area contributed by atoms with E-state index in [1.165, 1.54) is 23.7 Å². The zero-order valence-electron chi connectivity index (χ0n) is 14.3. The number of halogens is 1. The van der Waals surface area contributed by atoms with E-state index in [-0.39, 0.29) is 5.54 Å². The molecule has 8 heteroatoms. The average molecular weight is 396 g/mol. The molecule has 0 atom stereocenters. The van der Waals surface area contributed by atoms with Gasteiger partial charge in [-0.2, -0.15) is 0 Å². The van der Waals surface area contributed by atoms with E-state index in [1.54, 1.807) is 0 Å². The molecule has 0 aliphatic carbocycles. The summed E-state index contributed by atoms with van der Waals surface area (Å²) in [7, 11) is 1.87. The molecule has 3 N–H and O–H groups in total. The zero-order chi connectivity index (χ0) is 17.9. The third kappa shape index (κ3) is 4.80. The summed E-state index contributed by atoms with van der Waals surface area (Å²) >= 11 is 9.49. The summed E-state index contributed by atoms with van der Waals surface area (Å²) in [5, 5.41) is 1.56. The van der Waals surface area contributed by atoms with E-state index in [0.29, 0.717) is 0 Å². The molecule has 3 rings (SSSR count). The maximum atomic E-state index is 6.47. The Labute approximate surface area is 162 Å². The molecule has 1 aromatic heterocycles. The Bertz CT molecular complexity index is 713. The van der Waals surface area contributed by atoms with Crippen LogP contribution in [0.5, 0.6) is 0 Å². The van der Waals surface area contributed by atoms with Crippen molar-refractivity contribution in [2.24, 2.45) is 5.73 Å². The first kappa shape index (κ1) is 18.8. The smallest absolute Gasteiger partial charge is 0.147 e. The van der Waals surface area contributed by atoms with Crippen molar-refractivity contribution >= 4 is 41.1 Å². The number of nitrogens with zero attached hydrogens (tertiary/aromatic N) is 3. The standard InChI is InChI=1S/C17H22ClN5S2/c1-17(19)6-8-23(9-7-17)14-10-22-15(11-21-14)24-12-4-3-5-13(16(12)18)25-20-2/h3-5,10-11,20H,6-9,19H2,1-2H3. The summed E-state index contributed by atoms with van der Waals surface area (Å²) in [4.78, 5) is 13.3. The van der Waals surface area contributed by atoms with Crippen LogP contribution in [0.25, 0.3) is 0 Å². The van der Waals surface area contributed by atoms with Gasteiger partial charge in [0.05, 0.1) is 17.4 Å². The van der Waals surface area contributed by atoms with Gasteiger partial charge in [-0.25, -0.2) is 9.97 Å². The number of benzene rings is 1. The van der Waals surface area contributed by atoms with E-state index in [9.17, 15) is 0 Å². The van der Waals surface area contributed by atoms with E-state index < -0.39 is 0 Å². The Morgan fingerprint density at radius 2 is 1.92 bits per heavy atom. The normalized spacial score (nSPS) is 16.9. The van der Waals surface area contributed by atoms with E-state index in [4.69, 9.17) is 17.3 Å².